The van der Waals surface area contributed by atoms with Gasteiger partial charge in [0, 0.05) is 19.2 Å². The molecule has 1 amide bonds. The van der Waals surface area contributed by atoms with E-state index in [1.807, 2.05) is 0 Å². The van der Waals surface area contributed by atoms with Gasteiger partial charge in [-0.25, -0.2) is 9.78 Å². The molecule has 0 radical (unpaired) electrons. The molecule has 96 valence electrons. The minimum absolute atomic E-state index is 0.0249. The number of aromatic nitrogens is 1. The van der Waals surface area contributed by atoms with Crippen LogP contribution in [-0.4, -0.2) is 50.7 Å². The molecule has 2 rings (SSSR count). The first kappa shape index (κ1) is 13.0. The van der Waals surface area contributed by atoms with E-state index in [1.165, 1.54) is 6.20 Å². The Labute approximate surface area is 111 Å². The van der Waals surface area contributed by atoms with Gasteiger partial charge < -0.3 is 15.1 Å². The summed E-state index contributed by atoms with van der Waals surface area (Å²) in [4.78, 5) is 28.3. The second kappa shape index (κ2) is 5.03. The number of nitrogens with zero attached hydrogens (tertiary/aromatic N) is 2. The number of β-amino-alcohol motifs (C(OH)–C–C–N with tert-alkyl or cyclic N) is 1. The zero-order valence-electron chi connectivity index (χ0n) is 9.28. The molecule has 6 nitrogen and oxygen atoms in total. The lowest BCUT2D eigenvalue weighted by Gasteiger charge is -2.21. The molecule has 0 aromatic carbocycles. The highest BCUT2D eigenvalue weighted by atomic mass is 79.9. The number of carbonyl (C=O) groups is 2. The molecular weight excluding hydrogens is 304 g/mol. The molecule has 7 heteroatoms. The van der Waals surface area contributed by atoms with Gasteiger partial charge in [-0.1, -0.05) is 0 Å². The van der Waals surface area contributed by atoms with Gasteiger partial charge in [-0.2, -0.15) is 0 Å². The van der Waals surface area contributed by atoms with Crippen LogP contribution in [0.2, 0.25) is 0 Å². The monoisotopic (exact) mass is 314 g/mol. The lowest BCUT2D eigenvalue weighted by molar-refractivity contribution is -0.141. The van der Waals surface area contributed by atoms with Crippen molar-refractivity contribution >= 4 is 27.8 Å². The molecule has 0 spiro atoms. The van der Waals surface area contributed by atoms with Crippen LogP contribution in [-0.2, 0) is 4.79 Å². The van der Waals surface area contributed by atoms with E-state index in [0.717, 1.165) is 4.90 Å². The predicted molar refractivity (Wildman–Crippen MR) is 65.0 cm³/mol. The Hall–Kier alpha value is -1.47. The number of aliphatic hydroxyl groups is 1. The van der Waals surface area contributed by atoms with Crippen LogP contribution in [0.4, 0.5) is 0 Å². The lowest BCUT2D eigenvalue weighted by atomic mass is 10.2. The Morgan fingerprint density at radius 3 is 2.83 bits per heavy atom. The van der Waals surface area contributed by atoms with E-state index in [2.05, 4.69) is 20.9 Å². The first-order chi connectivity index (χ1) is 8.50. The topological polar surface area (TPSA) is 90.7 Å². The van der Waals surface area contributed by atoms with Crippen molar-refractivity contribution in [2.45, 2.75) is 18.6 Å². The summed E-state index contributed by atoms with van der Waals surface area (Å²) in [5.74, 6) is -1.56. The fraction of sp³-hybridized carbons (Fsp3) is 0.364. The number of aliphatic carboxylic acids is 1. The minimum atomic E-state index is -1.11. The van der Waals surface area contributed by atoms with E-state index < -0.39 is 24.0 Å². The molecule has 0 saturated carbocycles. The predicted octanol–water partition coefficient (Wildman–Crippen LogP) is 0.504. The van der Waals surface area contributed by atoms with E-state index in [-0.39, 0.29) is 18.5 Å². The van der Waals surface area contributed by atoms with Crippen LogP contribution in [0.1, 0.15) is 16.8 Å². The van der Waals surface area contributed by atoms with Gasteiger partial charge in [-0.05, 0) is 28.1 Å². The van der Waals surface area contributed by atoms with Gasteiger partial charge in [0.25, 0.3) is 5.91 Å². The van der Waals surface area contributed by atoms with Crippen molar-refractivity contribution in [2.75, 3.05) is 6.54 Å². The van der Waals surface area contributed by atoms with E-state index in [0.29, 0.717) is 4.60 Å². The maximum absolute atomic E-state index is 12.2. The molecule has 1 aromatic rings. The largest absolute Gasteiger partial charge is 0.480 e. The number of pyridine rings is 1. The fourth-order valence-electron chi connectivity index (χ4n) is 1.97. The third kappa shape index (κ3) is 2.37. The standard InChI is InChI=1S/C11H11BrN2O4/c12-9-7(2-1-3-13-9)10(16)14-5-6(15)4-8(14)11(17)18/h1-3,6,8,15H,4-5H2,(H,17,18)/t6-,8+/m1/s1. The Kier molecular flexibility index (Phi) is 3.63. The van der Waals surface area contributed by atoms with Gasteiger partial charge in [-0.15, -0.1) is 0 Å². The first-order valence-corrected chi connectivity index (χ1v) is 6.12. The third-order valence-corrected chi connectivity index (χ3v) is 3.45. The molecule has 1 aromatic heterocycles. The molecule has 0 unspecified atom stereocenters. The molecule has 2 atom stereocenters. The van der Waals surface area contributed by atoms with E-state index >= 15 is 0 Å². The number of amides is 1. The average molecular weight is 315 g/mol. The highest BCUT2D eigenvalue weighted by Crippen LogP contribution is 2.23. The van der Waals surface area contributed by atoms with E-state index in [9.17, 15) is 14.7 Å². The number of likely N-dealkylation sites (tertiary alicyclic amines) is 1. The van der Waals surface area contributed by atoms with Crippen LogP contribution in [0.25, 0.3) is 0 Å². The molecule has 1 fully saturated rings. The number of carboxylic acids is 1. The van der Waals surface area contributed by atoms with Crippen molar-refractivity contribution in [3.8, 4) is 0 Å². The summed E-state index contributed by atoms with van der Waals surface area (Å²) in [6.45, 7) is 0.0249. The summed E-state index contributed by atoms with van der Waals surface area (Å²) >= 11 is 3.15. The van der Waals surface area contributed by atoms with Crippen molar-refractivity contribution < 1.29 is 19.8 Å². The summed E-state index contributed by atoms with van der Waals surface area (Å²) < 4.78 is 0.362. The molecule has 18 heavy (non-hydrogen) atoms. The fourth-order valence-corrected chi connectivity index (χ4v) is 2.39. The summed E-state index contributed by atoms with van der Waals surface area (Å²) in [7, 11) is 0. The number of carbonyl (C=O) groups excluding carboxylic acids is 1. The quantitative estimate of drug-likeness (QED) is 0.776. The minimum Gasteiger partial charge on any atom is -0.480 e. The third-order valence-electron chi connectivity index (χ3n) is 2.81. The molecular formula is C11H11BrN2O4. The first-order valence-electron chi connectivity index (χ1n) is 5.33. The van der Waals surface area contributed by atoms with Crippen LogP contribution in [0.15, 0.2) is 22.9 Å². The number of carboxylic acid groups (broad SMARTS) is 1. The average Bonchev–Trinajstić information content (AvgIpc) is 2.71. The maximum atomic E-state index is 12.2. The summed E-state index contributed by atoms with van der Waals surface area (Å²) in [6.07, 6.45) is 0.776. The Morgan fingerprint density at radius 2 is 2.22 bits per heavy atom. The van der Waals surface area contributed by atoms with Crippen LogP contribution >= 0.6 is 15.9 Å². The Balaban J connectivity index is 2.28. The normalized spacial score (nSPS) is 23.1. The highest BCUT2D eigenvalue weighted by molar-refractivity contribution is 9.10. The Bertz CT molecular complexity index is 494. The SMILES string of the molecule is O=C(O)[C@@H]1C[C@@H](O)CN1C(=O)c1cccnc1Br. The molecule has 1 aliphatic heterocycles. The van der Waals surface area contributed by atoms with Crippen LogP contribution in [0, 0.1) is 0 Å². The lowest BCUT2D eigenvalue weighted by Crippen LogP contribution is -2.40. The number of hydrogen-bond acceptors (Lipinski definition) is 4. The summed E-state index contributed by atoms with van der Waals surface area (Å²) in [5, 5.41) is 18.5. The molecule has 1 aliphatic rings. The second-order valence-corrected chi connectivity index (χ2v) is 4.79. The number of aliphatic hydroxyl groups excluding tert-OH is 1. The van der Waals surface area contributed by atoms with Gasteiger partial charge in [0.05, 0.1) is 11.7 Å². The molecule has 1 saturated heterocycles. The molecule has 0 bridgehead atoms. The van der Waals surface area contributed by atoms with E-state index in [4.69, 9.17) is 5.11 Å². The van der Waals surface area contributed by atoms with Gasteiger partial charge in [0.1, 0.15) is 10.6 Å². The zero-order valence-corrected chi connectivity index (χ0v) is 10.9. The van der Waals surface area contributed by atoms with Crippen molar-refractivity contribution in [2.24, 2.45) is 0 Å². The van der Waals surface area contributed by atoms with Crippen molar-refractivity contribution in [3.63, 3.8) is 0 Å². The Morgan fingerprint density at radius 1 is 1.50 bits per heavy atom. The van der Waals surface area contributed by atoms with Crippen molar-refractivity contribution in [1.82, 2.24) is 9.88 Å². The maximum Gasteiger partial charge on any atom is 0.326 e. The highest BCUT2D eigenvalue weighted by Gasteiger charge is 2.39. The van der Waals surface area contributed by atoms with Gasteiger partial charge in [-0.3, -0.25) is 4.79 Å². The van der Waals surface area contributed by atoms with E-state index in [1.54, 1.807) is 12.1 Å². The number of hydrogen-bond donors (Lipinski definition) is 2. The van der Waals surface area contributed by atoms with Crippen molar-refractivity contribution in [1.29, 1.82) is 0 Å². The van der Waals surface area contributed by atoms with Crippen molar-refractivity contribution in [3.05, 3.63) is 28.5 Å². The summed E-state index contributed by atoms with van der Waals surface area (Å²) in [6, 6.07) is 2.17. The van der Waals surface area contributed by atoms with Crippen LogP contribution in [0.5, 0.6) is 0 Å². The molecule has 2 N–H and O–H groups in total. The number of rotatable bonds is 2. The van der Waals surface area contributed by atoms with Crippen LogP contribution in [0.3, 0.4) is 0 Å². The van der Waals surface area contributed by atoms with Crippen LogP contribution < -0.4 is 0 Å². The number of halogens is 1. The van der Waals surface area contributed by atoms with Gasteiger partial charge in [0.15, 0.2) is 0 Å². The van der Waals surface area contributed by atoms with Gasteiger partial charge in [0.2, 0.25) is 0 Å². The second-order valence-electron chi connectivity index (χ2n) is 4.04. The summed E-state index contributed by atoms with van der Waals surface area (Å²) in [5.41, 5.74) is 0.290. The zero-order chi connectivity index (χ0) is 13.3. The smallest absolute Gasteiger partial charge is 0.326 e. The van der Waals surface area contributed by atoms with Gasteiger partial charge >= 0.3 is 5.97 Å². The molecule has 0 aliphatic carbocycles. The molecule has 2 heterocycles.